The van der Waals surface area contributed by atoms with E-state index in [0.717, 1.165) is 59.5 Å². The number of rotatable bonds is 8. The molecule has 0 amide bonds. The zero-order chi connectivity index (χ0) is 19.1. The first-order chi connectivity index (χ1) is 13.2. The predicted octanol–water partition coefficient (Wildman–Crippen LogP) is 3.18. The van der Waals surface area contributed by atoms with Gasteiger partial charge in [0.25, 0.3) is 0 Å². The van der Waals surface area contributed by atoms with E-state index in [9.17, 15) is 0 Å². The summed E-state index contributed by atoms with van der Waals surface area (Å²) in [6.07, 6.45) is 4.63. The number of ether oxygens (including phenoxy) is 2. The molecule has 1 aromatic heterocycles. The molecule has 1 aromatic carbocycles. The lowest BCUT2D eigenvalue weighted by Gasteiger charge is -2.14. The number of methoxy groups -OCH3 is 2. The third-order valence-electron chi connectivity index (χ3n) is 4.85. The maximum atomic E-state index is 5.49. The van der Waals surface area contributed by atoms with Gasteiger partial charge >= 0.3 is 0 Å². The normalized spacial score (nSPS) is 17.3. The number of benzene rings is 1. The third-order valence-corrected chi connectivity index (χ3v) is 6.24. The van der Waals surface area contributed by atoms with Crippen molar-refractivity contribution in [2.45, 2.75) is 30.9 Å². The summed E-state index contributed by atoms with van der Waals surface area (Å²) >= 11 is 2.06. The van der Waals surface area contributed by atoms with Gasteiger partial charge in [-0.2, -0.15) is 11.8 Å². The minimum absolute atomic E-state index is 0.724. The predicted molar refractivity (Wildman–Crippen MR) is 115 cm³/mol. The maximum absolute atomic E-state index is 5.49. The number of guanidine groups is 1. The first kappa shape index (κ1) is 19.7. The van der Waals surface area contributed by atoms with Crippen LogP contribution in [0.25, 0.3) is 10.9 Å². The molecule has 0 spiro atoms. The third kappa shape index (κ3) is 5.25. The minimum Gasteiger partial charge on any atom is -0.497 e. The smallest absolute Gasteiger partial charge is 0.191 e. The standard InChI is InChI=1S/C20H30N4O2S/c1-21-20(23-13-16-7-5-9-27-16)22-8-4-6-14-10-17-18(24-14)11-15(25-2)12-19(17)26-3/h10-12,16,24H,4-9,13H2,1-3H3,(H2,21,22,23). The highest BCUT2D eigenvalue weighted by Crippen LogP contribution is 2.31. The van der Waals surface area contributed by atoms with Gasteiger partial charge in [0.15, 0.2) is 5.96 Å². The van der Waals surface area contributed by atoms with Crippen molar-refractivity contribution in [3.63, 3.8) is 0 Å². The van der Waals surface area contributed by atoms with Gasteiger partial charge in [-0.25, -0.2) is 0 Å². The van der Waals surface area contributed by atoms with E-state index in [-0.39, 0.29) is 0 Å². The van der Waals surface area contributed by atoms with Crippen molar-refractivity contribution in [2.75, 3.05) is 40.1 Å². The fourth-order valence-corrected chi connectivity index (χ4v) is 4.58. The summed E-state index contributed by atoms with van der Waals surface area (Å²) in [6, 6.07) is 6.09. The van der Waals surface area contributed by atoms with Crippen LogP contribution in [-0.2, 0) is 6.42 Å². The number of thioether (sulfide) groups is 1. The van der Waals surface area contributed by atoms with Crippen molar-refractivity contribution in [2.24, 2.45) is 4.99 Å². The summed E-state index contributed by atoms with van der Waals surface area (Å²) in [5.41, 5.74) is 2.24. The fraction of sp³-hybridized carbons (Fsp3) is 0.550. The Bertz CT molecular complexity index is 769. The van der Waals surface area contributed by atoms with Gasteiger partial charge in [-0.1, -0.05) is 0 Å². The second-order valence-corrected chi connectivity index (χ2v) is 8.11. The molecule has 0 bridgehead atoms. The summed E-state index contributed by atoms with van der Waals surface area (Å²) in [7, 11) is 5.18. The monoisotopic (exact) mass is 390 g/mol. The topological polar surface area (TPSA) is 70.7 Å². The van der Waals surface area contributed by atoms with Gasteiger partial charge in [-0.05, 0) is 37.5 Å². The zero-order valence-corrected chi connectivity index (χ0v) is 17.2. The highest BCUT2D eigenvalue weighted by atomic mass is 32.2. The van der Waals surface area contributed by atoms with Crippen molar-refractivity contribution in [3.05, 3.63) is 23.9 Å². The Morgan fingerprint density at radius 1 is 1.26 bits per heavy atom. The molecule has 1 saturated heterocycles. The quantitative estimate of drug-likeness (QED) is 0.367. The lowest BCUT2D eigenvalue weighted by atomic mass is 10.2. The first-order valence-corrected chi connectivity index (χ1v) is 10.6. The maximum Gasteiger partial charge on any atom is 0.191 e. The van der Waals surface area contributed by atoms with E-state index in [4.69, 9.17) is 9.47 Å². The van der Waals surface area contributed by atoms with Crippen LogP contribution in [-0.4, -0.2) is 56.3 Å². The molecule has 0 radical (unpaired) electrons. The van der Waals surface area contributed by atoms with Crippen molar-refractivity contribution >= 4 is 28.6 Å². The number of nitrogens with one attached hydrogen (secondary N) is 3. The number of aromatic nitrogens is 1. The van der Waals surface area contributed by atoms with Crippen molar-refractivity contribution < 1.29 is 9.47 Å². The number of aliphatic imine (C=N–C) groups is 1. The summed E-state index contributed by atoms with van der Waals surface area (Å²) in [6.45, 7) is 1.88. The second kappa shape index (κ2) is 9.78. The van der Waals surface area contributed by atoms with Gasteiger partial charge in [0.2, 0.25) is 0 Å². The van der Waals surface area contributed by atoms with E-state index in [2.05, 4.69) is 38.4 Å². The summed E-state index contributed by atoms with van der Waals surface area (Å²) in [5.74, 6) is 3.81. The lowest BCUT2D eigenvalue weighted by molar-refractivity contribution is 0.398. The van der Waals surface area contributed by atoms with Crippen LogP contribution in [0.5, 0.6) is 11.5 Å². The number of hydrogen-bond acceptors (Lipinski definition) is 4. The van der Waals surface area contributed by atoms with Crippen LogP contribution in [0.1, 0.15) is 25.0 Å². The van der Waals surface area contributed by atoms with Crippen LogP contribution in [0.15, 0.2) is 23.2 Å². The molecule has 3 N–H and O–H groups in total. The van der Waals surface area contributed by atoms with Crippen molar-refractivity contribution in [1.29, 1.82) is 0 Å². The molecule has 1 unspecified atom stereocenters. The van der Waals surface area contributed by atoms with Gasteiger partial charge in [0, 0.05) is 48.6 Å². The first-order valence-electron chi connectivity index (χ1n) is 9.53. The molecule has 7 heteroatoms. The average Bonchev–Trinajstić information content (AvgIpc) is 3.35. The molecule has 1 aliphatic heterocycles. The molecule has 1 fully saturated rings. The Morgan fingerprint density at radius 2 is 2.15 bits per heavy atom. The number of H-pyrrole nitrogens is 1. The molecule has 1 atom stereocenters. The second-order valence-electron chi connectivity index (χ2n) is 6.70. The van der Waals surface area contributed by atoms with Crippen LogP contribution >= 0.6 is 11.8 Å². The van der Waals surface area contributed by atoms with E-state index in [0.29, 0.717) is 0 Å². The highest BCUT2D eigenvalue weighted by Gasteiger charge is 2.15. The largest absolute Gasteiger partial charge is 0.497 e. The Labute approximate surface area is 165 Å². The van der Waals surface area contributed by atoms with E-state index in [1.807, 2.05) is 19.2 Å². The molecular formula is C20H30N4O2S. The summed E-state index contributed by atoms with van der Waals surface area (Å²) in [5, 5.41) is 8.66. The Kier molecular flexibility index (Phi) is 7.15. The van der Waals surface area contributed by atoms with Gasteiger partial charge in [-0.3, -0.25) is 4.99 Å². The van der Waals surface area contributed by atoms with Gasteiger partial charge in [0.05, 0.1) is 19.7 Å². The van der Waals surface area contributed by atoms with Crippen LogP contribution in [0, 0.1) is 0 Å². The summed E-state index contributed by atoms with van der Waals surface area (Å²) in [4.78, 5) is 7.79. The molecule has 6 nitrogen and oxygen atoms in total. The van der Waals surface area contributed by atoms with Crippen LogP contribution in [0.2, 0.25) is 0 Å². The molecular weight excluding hydrogens is 360 g/mol. The van der Waals surface area contributed by atoms with E-state index in [1.54, 1.807) is 14.2 Å². The fourth-order valence-electron chi connectivity index (χ4n) is 3.38. The molecule has 148 valence electrons. The molecule has 2 aromatic rings. The van der Waals surface area contributed by atoms with Crippen LogP contribution in [0.3, 0.4) is 0 Å². The number of nitrogens with zero attached hydrogens (tertiary/aromatic N) is 1. The number of aromatic amines is 1. The van der Waals surface area contributed by atoms with Gasteiger partial charge < -0.3 is 25.1 Å². The van der Waals surface area contributed by atoms with Crippen molar-refractivity contribution in [1.82, 2.24) is 15.6 Å². The Morgan fingerprint density at radius 3 is 2.85 bits per heavy atom. The molecule has 0 aliphatic carbocycles. The number of fused-ring (bicyclic) bond motifs is 1. The number of hydrogen-bond donors (Lipinski definition) is 3. The molecule has 3 rings (SSSR count). The van der Waals surface area contributed by atoms with E-state index < -0.39 is 0 Å². The zero-order valence-electron chi connectivity index (χ0n) is 16.4. The minimum atomic E-state index is 0.724. The van der Waals surface area contributed by atoms with Crippen molar-refractivity contribution in [3.8, 4) is 11.5 Å². The lowest BCUT2D eigenvalue weighted by Crippen LogP contribution is -2.40. The molecule has 0 saturated carbocycles. The summed E-state index contributed by atoms with van der Waals surface area (Å²) < 4.78 is 10.8. The van der Waals surface area contributed by atoms with Crippen LogP contribution in [0.4, 0.5) is 0 Å². The van der Waals surface area contributed by atoms with Crippen LogP contribution < -0.4 is 20.1 Å². The highest BCUT2D eigenvalue weighted by molar-refractivity contribution is 8.00. The van der Waals surface area contributed by atoms with E-state index >= 15 is 0 Å². The number of aryl methyl sites for hydroxylation is 1. The van der Waals surface area contributed by atoms with Gasteiger partial charge in [-0.15, -0.1) is 0 Å². The SMILES string of the molecule is CN=C(NCCCc1cc2c(OC)cc(OC)cc2[nH]1)NCC1CCCS1. The van der Waals surface area contributed by atoms with E-state index in [1.165, 1.54) is 24.3 Å². The Hall–Kier alpha value is -2.02. The molecule has 2 heterocycles. The van der Waals surface area contributed by atoms with Gasteiger partial charge in [0.1, 0.15) is 11.5 Å². The Balaban J connectivity index is 1.48. The molecule has 1 aliphatic rings. The molecule has 27 heavy (non-hydrogen) atoms. The average molecular weight is 391 g/mol.